The van der Waals surface area contributed by atoms with Gasteiger partial charge in [0, 0.05) is 11.9 Å². The molecule has 7 heteroatoms. The Morgan fingerprint density at radius 2 is 2.24 bits per heavy atom. The van der Waals surface area contributed by atoms with Gasteiger partial charge in [0.15, 0.2) is 5.03 Å². The first kappa shape index (κ1) is 14.7. The van der Waals surface area contributed by atoms with Crippen molar-refractivity contribution < 1.29 is 8.42 Å². The van der Waals surface area contributed by atoms with Crippen LogP contribution in [0.4, 0.5) is 0 Å². The molecule has 0 aliphatic carbocycles. The van der Waals surface area contributed by atoms with Crippen LogP contribution in [-0.4, -0.2) is 30.3 Å². The first-order valence-corrected chi connectivity index (χ1v) is 8.02. The lowest BCUT2D eigenvalue weighted by atomic mass is 9.88. The summed E-state index contributed by atoms with van der Waals surface area (Å²) in [7, 11) is -3.45. The van der Waals surface area contributed by atoms with Crippen LogP contribution in [0.1, 0.15) is 26.7 Å². The van der Waals surface area contributed by atoms with E-state index in [2.05, 4.69) is 30.6 Å². The molecule has 1 rings (SSSR count). The predicted octanol–water partition coefficient (Wildman–Crippen LogP) is 1.89. The van der Waals surface area contributed by atoms with Crippen LogP contribution in [0.25, 0.3) is 0 Å². The summed E-state index contributed by atoms with van der Waals surface area (Å²) >= 11 is 3.37. The van der Waals surface area contributed by atoms with Crippen LogP contribution < -0.4 is 4.72 Å². The molecule has 1 heterocycles. The minimum Gasteiger partial charge on any atom is -0.335 e. The molecule has 0 aromatic carbocycles. The van der Waals surface area contributed by atoms with E-state index in [1.807, 2.05) is 13.8 Å². The Kier molecular flexibility index (Phi) is 5.15. The normalized spacial score (nSPS) is 12.9. The lowest BCUT2D eigenvalue weighted by molar-refractivity contribution is 0.332. The number of rotatable bonds is 7. The summed E-state index contributed by atoms with van der Waals surface area (Å²) in [6.45, 7) is 4.51. The molecule has 0 amide bonds. The number of nitrogens with zero attached hydrogens (tertiary/aromatic N) is 1. The van der Waals surface area contributed by atoms with E-state index in [0.717, 1.165) is 18.2 Å². The molecular formula is C10H18BrN3O2S. The summed E-state index contributed by atoms with van der Waals surface area (Å²) in [5.74, 6) is 0. The second-order valence-corrected chi connectivity index (χ2v) is 7.23. The third kappa shape index (κ3) is 4.77. The van der Waals surface area contributed by atoms with Crippen molar-refractivity contribution in [3.63, 3.8) is 0 Å². The van der Waals surface area contributed by atoms with Gasteiger partial charge in [-0.15, -0.1) is 0 Å². The fraction of sp³-hybridized carbons (Fsp3) is 0.700. The second-order valence-electron chi connectivity index (χ2n) is 4.70. The average molecular weight is 324 g/mol. The number of sulfonamides is 1. The maximum Gasteiger partial charge on any atom is 0.257 e. The second kappa shape index (κ2) is 5.97. The topological polar surface area (TPSA) is 74.8 Å². The first-order chi connectivity index (χ1) is 7.87. The fourth-order valence-corrected chi connectivity index (χ4v) is 2.82. The van der Waals surface area contributed by atoms with Crippen molar-refractivity contribution in [3.05, 3.63) is 12.5 Å². The van der Waals surface area contributed by atoms with Crippen molar-refractivity contribution in [2.45, 2.75) is 31.7 Å². The van der Waals surface area contributed by atoms with E-state index in [0.29, 0.717) is 6.54 Å². The van der Waals surface area contributed by atoms with Crippen LogP contribution >= 0.6 is 15.9 Å². The number of imidazole rings is 1. The monoisotopic (exact) mass is 323 g/mol. The Morgan fingerprint density at radius 3 is 2.76 bits per heavy atom. The molecule has 1 aromatic rings. The number of aromatic amines is 1. The van der Waals surface area contributed by atoms with Gasteiger partial charge in [-0.3, -0.25) is 0 Å². The Labute approximate surface area is 111 Å². The molecule has 0 unspecified atom stereocenters. The Morgan fingerprint density at radius 1 is 1.53 bits per heavy atom. The van der Waals surface area contributed by atoms with E-state index < -0.39 is 10.0 Å². The smallest absolute Gasteiger partial charge is 0.257 e. The molecule has 2 N–H and O–H groups in total. The maximum absolute atomic E-state index is 11.8. The molecule has 0 saturated heterocycles. The zero-order valence-electron chi connectivity index (χ0n) is 10.0. The molecule has 0 saturated carbocycles. The lowest BCUT2D eigenvalue weighted by Crippen LogP contribution is -2.34. The van der Waals surface area contributed by atoms with E-state index in [-0.39, 0.29) is 10.4 Å². The highest BCUT2D eigenvalue weighted by Gasteiger charge is 2.22. The van der Waals surface area contributed by atoms with Crippen molar-refractivity contribution >= 4 is 26.0 Å². The van der Waals surface area contributed by atoms with Gasteiger partial charge >= 0.3 is 0 Å². The highest BCUT2D eigenvalue weighted by Crippen LogP contribution is 2.22. The van der Waals surface area contributed by atoms with Gasteiger partial charge in [0.25, 0.3) is 10.0 Å². The van der Waals surface area contributed by atoms with E-state index in [4.69, 9.17) is 0 Å². The molecule has 0 spiro atoms. The highest BCUT2D eigenvalue weighted by atomic mass is 79.9. The summed E-state index contributed by atoms with van der Waals surface area (Å²) in [6, 6.07) is 0. The van der Waals surface area contributed by atoms with Crippen LogP contribution in [0.15, 0.2) is 17.6 Å². The first-order valence-electron chi connectivity index (χ1n) is 5.41. The van der Waals surface area contributed by atoms with Crippen LogP contribution in [-0.2, 0) is 10.0 Å². The number of alkyl halides is 1. The van der Waals surface area contributed by atoms with Crippen molar-refractivity contribution in [3.8, 4) is 0 Å². The standard InChI is InChI=1S/C10H18BrN3O2S/c1-10(2,4-3-5-11)7-14-17(15,16)9-6-12-8-13-9/h6,8,14H,3-5,7H2,1-2H3,(H,12,13). The zero-order chi connectivity index (χ0) is 12.9. The van der Waals surface area contributed by atoms with Gasteiger partial charge in [0.2, 0.25) is 0 Å². The van der Waals surface area contributed by atoms with Crippen molar-refractivity contribution in [1.82, 2.24) is 14.7 Å². The molecule has 5 nitrogen and oxygen atoms in total. The molecule has 1 aromatic heterocycles. The van der Waals surface area contributed by atoms with E-state index in [9.17, 15) is 8.42 Å². The minimum atomic E-state index is -3.45. The fourth-order valence-electron chi connectivity index (χ4n) is 1.39. The Hall–Kier alpha value is -0.400. The average Bonchev–Trinajstić information content (AvgIpc) is 2.78. The van der Waals surface area contributed by atoms with Gasteiger partial charge in [0.1, 0.15) is 0 Å². The van der Waals surface area contributed by atoms with E-state index >= 15 is 0 Å². The lowest BCUT2D eigenvalue weighted by Gasteiger charge is -2.24. The molecule has 98 valence electrons. The van der Waals surface area contributed by atoms with Gasteiger partial charge in [-0.2, -0.15) is 0 Å². The predicted molar refractivity (Wildman–Crippen MR) is 70.6 cm³/mol. The largest absolute Gasteiger partial charge is 0.335 e. The molecule has 0 atom stereocenters. The number of hydrogen-bond acceptors (Lipinski definition) is 3. The maximum atomic E-state index is 11.8. The summed E-state index contributed by atoms with van der Waals surface area (Å²) in [5.41, 5.74) is -0.0547. The number of nitrogens with one attached hydrogen (secondary N) is 2. The zero-order valence-corrected chi connectivity index (χ0v) is 12.4. The van der Waals surface area contributed by atoms with Crippen molar-refractivity contribution in [2.75, 3.05) is 11.9 Å². The summed E-state index contributed by atoms with van der Waals surface area (Å²) in [6.07, 6.45) is 4.64. The van der Waals surface area contributed by atoms with Crippen LogP contribution in [0.5, 0.6) is 0 Å². The molecule has 0 bridgehead atoms. The highest BCUT2D eigenvalue weighted by molar-refractivity contribution is 9.09. The molecule has 17 heavy (non-hydrogen) atoms. The molecular weight excluding hydrogens is 306 g/mol. The van der Waals surface area contributed by atoms with E-state index in [1.165, 1.54) is 12.5 Å². The third-order valence-corrected chi connectivity index (χ3v) is 4.38. The summed E-state index contributed by atoms with van der Waals surface area (Å²) in [5, 5.41) is 1.04. The molecule has 0 aliphatic heterocycles. The summed E-state index contributed by atoms with van der Waals surface area (Å²) < 4.78 is 26.2. The van der Waals surface area contributed by atoms with Crippen LogP contribution in [0.3, 0.4) is 0 Å². The number of halogens is 1. The minimum absolute atomic E-state index is 0.0547. The Bertz CT molecular complexity index is 428. The quantitative estimate of drug-likeness (QED) is 0.752. The Balaban J connectivity index is 2.56. The number of aromatic nitrogens is 2. The van der Waals surface area contributed by atoms with Crippen LogP contribution in [0.2, 0.25) is 0 Å². The molecule has 0 fully saturated rings. The van der Waals surface area contributed by atoms with Gasteiger partial charge in [-0.05, 0) is 18.3 Å². The number of hydrogen-bond donors (Lipinski definition) is 2. The van der Waals surface area contributed by atoms with Gasteiger partial charge in [-0.25, -0.2) is 18.1 Å². The SMILES string of the molecule is CC(C)(CCCBr)CNS(=O)(=O)c1cnc[nH]1. The third-order valence-electron chi connectivity index (χ3n) is 2.49. The summed E-state index contributed by atoms with van der Waals surface area (Å²) in [4.78, 5) is 6.29. The van der Waals surface area contributed by atoms with Gasteiger partial charge < -0.3 is 4.98 Å². The van der Waals surface area contributed by atoms with Crippen molar-refractivity contribution in [1.29, 1.82) is 0 Å². The molecule has 0 aliphatic rings. The van der Waals surface area contributed by atoms with Crippen molar-refractivity contribution in [2.24, 2.45) is 5.41 Å². The van der Waals surface area contributed by atoms with E-state index in [1.54, 1.807) is 0 Å². The van der Waals surface area contributed by atoms with Gasteiger partial charge in [0.05, 0.1) is 12.5 Å². The number of H-pyrrole nitrogens is 1. The van der Waals surface area contributed by atoms with Crippen LogP contribution in [0, 0.1) is 5.41 Å². The van der Waals surface area contributed by atoms with Gasteiger partial charge in [-0.1, -0.05) is 29.8 Å². The molecule has 0 radical (unpaired) electrons.